The Morgan fingerprint density at radius 1 is 1.17 bits per heavy atom. The standard InChI is InChI=1S/C17H11ClO5/c18-11-3-1-10(2-4-11)8-22-12-5-6-13-15(7-12)23-9-14(16(13)19)17(20)21/h1-7,9H,8H2,(H,20,21). The van der Waals surface area contributed by atoms with E-state index in [1.165, 1.54) is 6.07 Å². The van der Waals surface area contributed by atoms with Crippen molar-refractivity contribution in [2.75, 3.05) is 0 Å². The van der Waals surface area contributed by atoms with Crippen LogP contribution in [-0.4, -0.2) is 11.1 Å². The number of benzene rings is 2. The molecular weight excluding hydrogens is 320 g/mol. The van der Waals surface area contributed by atoms with Gasteiger partial charge in [-0.05, 0) is 29.8 Å². The van der Waals surface area contributed by atoms with Crippen LogP contribution in [0, 0.1) is 0 Å². The van der Waals surface area contributed by atoms with Crippen LogP contribution in [0.5, 0.6) is 5.75 Å². The molecule has 1 N–H and O–H groups in total. The third kappa shape index (κ3) is 3.19. The number of carboxylic acid groups (broad SMARTS) is 1. The summed E-state index contributed by atoms with van der Waals surface area (Å²) in [6.45, 7) is 0.333. The third-order valence-electron chi connectivity index (χ3n) is 3.30. The van der Waals surface area contributed by atoms with E-state index in [0.717, 1.165) is 11.8 Å². The fourth-order valence-corrected chi connectivity index (χ4v) is 2.22. The van der Waals surface area contributed by atoms with Crippen LogP contribution in [-0.2, 0) is 6.61 Å². The molecule has 2 aromatic carbocycles. The molecule has 116 valence electrons. The minimum absolute atomic E-state index is 0.198. The number of carbonyl (C=O) groups is 1. The molecule has 3 rings (SSSR count). The van der Waals surface area contributed by atoms with Crippen molar-refractivity contribution in [1.82, 2.24) is 0 Å². The zero-order chi connectivity index (χ0) is 16.4. The van der Waals surface area contributed by atoms with Crippen molar-refractivity contribution >= 4 is 28.5 Å². The number of rotatable bonds is 4. The van der Waals surface area contributed by atoms with E-state index in [4.69, 9.17) is 25.9 Å². The van der Waals surface area contributed by atoms with Crippen molar-refractivity contribution in [1.29, 1.82) is 0 Å². The molecule has 1 heterocycles. The van der Waals surface area contributed by atoms with Crippen LogP contribution in [0.3, 0.4) is 0 Å². The van der Waals surface area contributed by atoms with E-state index in [9.17, 15) is 9.59 Å². The van der Waals surface area contributed by atoms with Crippen LogP contribution in [0.15, 0.2) is 57.9 Å². The minimum Gasteiger partial charge on any atom is -0.489 e. The summed E-state index contributed by atoms with van der Waals surface area (Å²) in [4.78, 5) is 22.9. The summed E-state index contributed by atoms with van der Waals surface area (Å²) in [5, 5.41) is 9.76. The van der Waals surface area contributed by atoms with Crippen molar-refractivity contribution in [3.63, 3.8) is 0 Å². The lowest BCUT2D eigenvalue weighted by Gasteiger charge is -2.07. The number of carboxylic acids is 1. The number of fused-ring (bicyclic) bond motifs is 1. The van der Waals surface area contributed by atoms with Crippen molar-refractivity contribution < 1.29 is 19.1 Å². The Bertz CT molecular complexity index is 928. The number of halogens is 1. The average molecular weight is 331 g/mol. The van der Waals surface area contributed by atoms with Crippen LogP contribution in [0.1, 0.15) is 15.9 Å². The molecule has 0 spiro atoms. The van der Waals surface area contributed by atoms with Crippen molar-refractivity contribution in [3.05, 3.63) is 75.1 Å². The fourth-order valence-electron chi connectivity index (χ4n) is 2.09. The molecule has 0 saturated carbocycles. The van der Waals surface area contributed by atoms with Gasteiger partial charge in [-0.25, -0.2) is 4.79 Å². The number of ether oxygens (including phenoxy) is 1. The maximum absolute atomic E-state index is 12.0. The lowest BCUT2D eigenvalue weighted by Crippen LogP contribution is -2.14. The van der Waals surface area contributed by atoms with E-state index in [-0.39, 0.29) is 11.0 Å². The van der Waals surface area contributed by atoms with Gasteiger partial charge in [0.05, 0.1) is 5.39 Å². The Morgan fingerprint density at radius 3 is 2.61 bits per heavy atom. The van der Waals surface area contributed by atoms with Gasteiger partial charge < -0.3 is 14.3 Å². The summed E-state index contributed by atoms with van der Waals surface area (Å²) < 4.78 is 10.9. The van der Waals surface area contributed by atoms with Gasteiger partial charge in [-0.1, -0.05) is 23.7 Å². The Morgan fingerprint density at radius 2 is 1.91 bits per heavy atom. The molecule has 0 aliphatic heterocycles. The maximum Gasteiger partial charge on any atom is 0.342 e. The highest BCUT2D eigenvalue weighted by Gasteiger charge is 2.13. The molecule has 0 atom stereocenters. The molecule has 0 fully saturated rings. The zero-order valence-electron chi connectivity index (χ0n) is 11.8. The largest absolute Gasteiger partial charge is 0.489 e. The summed E-state index contributed by atoms with van der Waals surface area (Å²) in [6, 6.07) is 11.9. The summed E-state index contributed by atoms with van der Waals surface area (Å²) in [5.41, 5.74) is 0.237. The number of hydrogen-bond donors (Lipinski definition) is 1. The van der Waals surface area contributed by atoms with Crippen LogP contribution in [0.2, 0.25) is 5.02 Å². The van der Waals surface area contributed by atoms with Gasteiger partial charge in [0.15, 0.2) is 0 Å². The summed E-state index contributed by atoms with van der Waals surface area (Å²) in [6.07, 6.45) is 0.940. The van der Waals surface area contributed by atoms with Crippen LogP contribution in [0.4, 0.5) is 0 Å². The van der Waals surface area contributed by atoms with Crippen molar-refractivity contribution in [2.45, 2.75) is 6.61 Å². The van der Waals surface area contributed by atoms with Gasteiger partial charge in [-0.2, -0.15) is 0 Å². The topological polar surface area (TPSA) is 76.7 Å². The molecule has 0 radical (unpaired) electrons. The van der Waals surface area contributed by atoms with Gasteiger partial charge in [-0.3, -0.25) is 4.79 Å². The van der Waals surface area contributed by atoms with E-state index < -0.39 is 17.0 Å². The zero-order valence-corrected chi connectivity index (χ0v) is 12.5. The Labute approximate surface area is 135 Å². The highest BCUT2D eigenvalue weighted by Crippen LogP contribution is 2.20. The molecule has 0 aliphatic carbocycles. The number of aromatic carboxylic acids is 1. The molecule has 0 amide bonds. The molecule has 6 heteroatoms. The smallest absolute Gasteiger partial charge is 0.342 e. The first-order valence-electron chi connectivity index (χ1n) is 6.71. The predicted molar refractivity (Wildman–Crippen MR) is 85.2 cm³/mol. The highest BCUT2D eigenvalue weighted by molar-refractivity contribution is 6.30. The summed E-state index contributed by atoms with van der Waals surface area (Å²) in [5.74, 6) is -0.803. The molecular formula is C17H11ClO5. The van der Waals surface area contributed by atoms with Gasteiger partial charge in [0.25, 0.3) is 0 Å². The second-order valence-corrected chi connectivity index (χ2v) is 5.29. The van der Waals surface area contributed by atoms with Crippen molar-refractivity contribution in [3.8, 4) is 5.75 Å². The molecule has 3 aromatic rings. The fraction of sp³-hybridized carbons (Fsp3) is 0.0588. The number of hydrogen-bond acceptors (Lipinski definition) is 4. The quantitative estimate of drug-likeness (QED) is 0.788. The molecule has 0 aliphatic rings. The first-order chi connectivity index (χ1) is 11.0. The first-order valence-corrected chi connectivity index (χ1v) is 7.08. The van der Waals surface area contributed by atoms with E-state index in [1.54, 1.807) is 24.3 Å². The summed E-state index contributed by atoms with van der Waals surface area (Å²) in [7, 11) is 0. The molecule has 0 bridgehead atoms. The van der Waals surface area contributed by atoms with E-state index in [1.807, 2.05) is 12.1 Å². The second-order valence-electron chi connectivity index (χ2n) is 4.86. The van der Waals surface area contributed by atoms with Gasteiger partial charge in [0.2, 0.25) is 5.43 Å². The first kappa shape index (κ1) is 15.1. The van der Waals surface area contributed by atoms with Gasteiger partial charge >= 0.3 is 5.97 Å². The molecule has 5 nitrogen and oxygen atoms in total. The molecule has 0 saturated heterocycles. The van der Waals surface area contributed by atoms with Crippen molar-refractivity contribution in [2.24, 2.45) is 0 Å². The molecule has 23 heavy (non-hydrogen) atoms. The monoisotopic (exact) mass is 330 g/mol. The third-order valence-corrected chi connectivity index (χ3v) is 3.55. The molecule has 1 aromatic heterocycles. The average Bonchev–Trinajstić information content (AvgIpc) is 2.54. The normalized spacial score (nSPS) is 10.7. The van der Waals surface area contributed by atoms with E-state index >= 15 is 0 Å². The Hall–Kier alpha value is -2.79. The lowest BCUT2D eigenvalue weighted by molar-refractivity contribution is 0.0693. The Balaban J connectivity index is 1.86. The second kappa shape index (κ2) is 6.14. The van der Waals surface area contributed by atoms with E-state index in [2.05, 4.69) is 0 Å². The lowest BCUT2D eigenvalue weighted by atomic mass is 10.1. The van der Waals surface area contributed by atoms with Gasteiger partial charge in [-0.15, -0.1) is 0 Å². The van der Waals surface area contributed by atoms with Crippen LogP contribution >= 0.6 is 11.6 Å². The van der Waals surface area contributed by atoms with Gasteiger partial charge in [0.1, 0.15) is 29.8 Å². The molecule has 0 unspecified atom stereocenters. The van der Waals surface area contributed by atoms with Crippen LogP contribution < -0.4 is 10.2 Å². The Kier molecular flexibility index (Phi) is 4.04. The minimum atomic E-state index is -1.32. The summed E-state index contributed by atoms with van der Waals surface area (Å²) >= 11 is 5.82. The maximum atomic E-state index is 12.0. The predicted octanol–water partition coefficient (Wildman–Crippen LogP) is 3.72. The van der Waals surface area contributed by atoms with Gasteiger partial charge in [0, 0.05) is 11.1 Å². The van der Waals surface area contributed by atoms with E-state index in [0.29, 0.717) is 17.4 Å². The highest BCUT2D eigenvalue weighted by atomic mass is 35.5. The SMILES string of the molecule is O=C(O)c1coc2cc(OCc3ccc(Cl)cc3)ccc2c1=O. The van der Waals surface area contributed by atoms with Crippen LogP contribution in [0.25, 0.3) is 11.0 Å².